The van der Waals surface area contributed by atoms with E-state index >= 15 is 0 Å². The maximum Gasteiger partial charge on any atom is 0.307 e. The van der Waals surface area contributed by atoms with E-state index in [0.29, 0.717) is 11.7 Å². The third-order valence-corrected chi connectivity index (χ3v) is 4.14. The molecule has 21 heavy (non-hydrogen) atoms. The lowest BCUT2D eigenvalue weighted by Gasteiger charge is -1.99. The highest BCUT2D eigenvalue weighted by atomic mass is 16.5. The first-order chi connectivity index (χ1) is 9.80. The second-order valence-electron chi connectivity index (χ2n) is 6.21. The summed E-state index contributed by atoms with van der Waals surface area (Å²) < 4.78 is 5.29. The number of rotatable bonds is 3. The second-order valence-corrected chi connectivity index (χ2v) is 6.21. The molecule has 1 aliphatic rings. The van der Waals surface area contributed by atoms with Crippen molar-refractivity contribution in [2.75, 3.05) is 0 Å². The van der Waals surface area contributed by atoms with Crippen LogP contribution in [-0.4, -0.2) is 26.2 Å². The molecule has 0 bridgehead atoms. The molecule has 110 valence electrons. The number of hydrogen-bond acceptors (Lipinski definition) is 5. The number of nitrogens with zero attached hydrogens (tertiary/aromatic N) is 3. The summed E-state index contributed by atoms with van der Waals surface area (Å²) in [6.07, 6.45) is 0. The number of carboxylic acid groups (broad SMARTS) is 1. The molecule has 2 aromatic rings. The van der Waals surface area contributed by atoms with E-state index in [0.717, 1.165) is 17.0 Å². The summed E-state index contributed by atoms with van der Waals surface area (Å²) in [6.45, 7) is 7.62. The fraction of sp³-hybridized carbons (Fsp3) is 0.467. The van der Waals surface area contributed by atoms with Gasteiger partial charge >= 0.3 is 5.97 Å². The Morgan fingerprint density at radius 2 is 1.86 bits per heavy atom. The van der Waals surface area contributed by atoms with Crippen LogP contribution in [0.15, 0.2) is 16.7 Å². The summed E-state index contributed by atoms with van der Waals surface area (Å²) in [6, 6.07) is 3.77. The highest BCUT2D eigenvalue weighted by Gasteiger charge is 2.65. The van der Waals surface area contributed by atoms with Gasteiger partial charge in [-0.05, 0) is 31.4 Å². The molecule has 1 aliphatic carbocycles. The Morgan fingerprint density at radius 1 is 1.24 bits per heavy atom. The standard InChI is InChI=1S/C15H17N3O3/c1-7-5-9(6-8(2)16-7)12-17-13(21-18-12)10-11(14(19)20)15(10,3)4/h5-6,10-11H,1-4H3,(H,19,20). The minimum atomic E-state index is -0.819. The SMILES string of the molecule is Cc1cc(-c2noc(C3C(C(=O)O)C3(C)C)n2)cc(C)n1. The summed E-state index contributed by atoms with van der Waals surface area (Å²) in [5.41, 5.74) is 2.25. The molecule has 1 saturated carbocycles. The third kappa shape index (κ3) is 2.20. The average Bonchev–Trinajstić information content (AvgIpc) is 2.74. The van der Waals surface area contributed by atoms with Crippen LogP contribution in [0.5, 0.6) is 0 Å². The van der Waals surface area contributed by atoms with Crippen molar-refractivity contribution in [2.45, 2.75) is 33.6 Å². The van der Waals surface area contributed by atoms with Gasteiger partial charge in [0.2, 0.25) is 11.7 Å². The zero-order valence-electron chi connectivity index (χ0n) is 12.4. The van der Waals surface area contributed by atoms with Gasteiger partial charge in [-0.1, -0.05) is 19.0 Å². The van der Waals surface area contributed by atoms with Crippen molar-refractivity contribution >= 4 is 5.97 Å². The summed E-state index contributed by atoms with van der Waals surface area (Å²) in [7, 11) is 0. The third-order valence-electron chi connectivity index (χ3n) is 4.14. The first kappa shape index (κ1) is 13.7. The van der Waals surface area contributed by atoms with Crippen molar-refractivity contribution in [3.05, 3.63) is 29.4 Å². The van der Waals surface area contributed by atoms with E-state index in [1.807, 2.05) is 39.8 Å². The molecule has 0 spiro atoms. The molecule has 0 saturated heterocycles. The molecule has 1 fully saturated rings. The first-order valence-electron chi connectivity index (χ1n) is 6.83. The Bertz CT molecular complexity index is 700. The van der Waals surface area contributed by atoms with E-state index in [-0.39, 0.29) is 11.3 Å². The number of aromatic nitrogens is 3. The van der Waals surface area contributed by atoms with Crippen LogP contribution in [0.4, 0.5) is 0 Å². The van der Waals surface area contributed by atoms with Gasteiger partial charge in [-0.2, -0.15) is 4.98 Å². The number of pyridine rings is 1. The Kier molecular flexibility index (Phi) is 2.86. The molecule has 0 aliphatic heterocycles. The van der Waals surface area contributed by atoms with Gasteiger partial charge < -0.3 is 9.63 Å². The fourth-order valence-electron chi connectivity index (χ4n) is 3.00. The first-order valence-corrected chi connectivity index (χ1v) is 6.83. The summed E-state index contributed by atoms with van der Waals surface area (Å²) >= 11 is 0. The molecule has 0 aromatic carbocycles. The molecule has 6 nitrogen and oxygen atoms in total. The highest BCUT2D eigenvalue weighted by Crippen LogP contribution is 2.64. The topological polar surface area (TPSA) is 89.1 Å². The normalized spacial score (nSPS) is 23.0. The molecule has 3 rings (SSSR count). The van der Waals surface area contributed by atoms with Crippen LogP contribution in [0, 0.1) is 25.2 Å². The number of aryl methyl sites for hydroxylation is 2. The smallest absolute Gasteiger partial charge is 0.307 e. The van der Waals surface area contributed by atoms with E-state index in [2.05, 4.69) is 15.1 Å². The second kappa shape index (κ2) is 4.38. The predicted molar refractivity (Wildman–Crippen MR) is 74.7 cm³/mol. The molecular formula is C15H17N3O3. The Labute approximate surface area is 122 Å². The number of hydrogen-bond donors (Lipinski definition) is 1. The van der Waals surface area contributed by atoms with Crippen LogP contribution in [0.3, 0.4) is 0 Å². The zero-order valence-corrected chi connectivity index (χ0v) is 12.4. The Balaban J connectivity index is 1.93. The number of aliphatic carboxylic acids is 1. The molecule has 0 radical (unpaired) electrons. The number of carbonyl (C=O) groups is 1. The van der Waals surface area contributed by atoms with Crippen molar-refractivity contribution in [1.29, 1.82) is 0 Å². The van der Waals surface area contributed by atoms with Crippen LogP contribution >= 0.6 is 0 Å². The minimum Gasteiger partial charge on any atom is -0.481 e. The predicted octanol–water partition coefficient (Wildman–Crippen LogP) is 2.57. The van der Waals surface area contributed by atoms with Crippen LogP contribution in [-0.2, 0) is 4.79 Å². The van der Waals surface area contributed by atoms with Gasteiger partial charge in [-0.3, -0.25) is 9.78 Å². The van der Waals surface area contributed by atoms with E-state index in [1.165, 1.54) is 0 Å². The van der Waals surface area contributed by atoms with Gasteiger partial charge in [0.15, 0.2) is 0 Å². The Morgan fingerprint density at radius 3 is 2.38 bits per heavy atom. The summed E-state index contributed by atoms with van der Waals surface area (Å²) in [5, 5.41) is 13.2. The van der Waals surface area contributed by atoms with Gasteiger partial charge in [0, 0.05) is 17.0 Å². The van der Waals surface area contributed by atoms with Gasteiger partial charge in [0.25, 0.3) is 0 Å². The molecular weight excluding hydrogens is 270 g/mol. The minimum absolute atomic E-state index is 0.222. The molecule has 0 amide bonds. The maximum absolute atomic E-state index is 11.2. The average molecular weight is 287 g/mol. The quantitative estimate of drug-likeness (QED) is 0.933. The van der Waals surface area contributed by atoms with E-state index in [4.69, 9.17) is 4.52 Å². The van der Waals surface area contributed by atoms with E-state index in [1.54, 1.807) is 0 Å². The fourth-order valence-corrected chi connectivity index (χ4v) is 3.00. The van der Waals surface area contributed by atoms with E-state index in [9.17, 15) is 9.90 Å². The molecule has 2 aromatic heterocycles. The Hall–Kier alpha value is -2.24. The largest absolute Gasteiger partial charge is 0.481 e. The van der Waals surface area contributed by atoms with Crippen LogP contribution in [0.25, 0.3) is 11.4 Å². The van der Waals surface area contributed by atoms with Gasteiger partial charge in [-0.25, -0.2) is 0 Å². The highest BCUT2D eigenvalue weighted by molar-refractivity contribution is 5.77. The van der Waals surface area contributed by atoms with Gasteiger partial charge in [0.1, 0.15) is 0 Å². The lowest BCUT2D eigenvalue weighted by atomic mass is 10.1. The van der Waals surface area contributed by atoms with Crippen molar-refractivity contribution in [3.63, 3.8) is 0 Å². The zero-order chi connectivity index (χ0) is 15.4. The molecule has 6 heteroatoms. The molecule has 2 unspecified atom stereocenters. The van der Waals surface area contributed by atoms with Crippen molar-refractivity contribution in [3.8, 4) is 11.4 Å². The monoisotopic (exact) mass is 287 g/mol. The lowest BCUT2D eigenvalue weighted by molar-refractivity contribution is -0.139. The number of carboxylic acids is 1. The van der Waals surface area contributed by atoms with Gasteiger partial charge in [0.05, 0.1) is 11.8 Å². The van der Waals surface area contributed by atoms with Gasteiger partial charge in [-0.15, -0.1) is 0 Å². The van der Waals surface area contributed by atoms with E-state index < -0.39 is 11.9 Å². The molecule has 1 N–H and O–H groups in total. The van der Waals surface area contributed by atoms with Crippen molar-refractivity contribution in [2.24, 2.45) is 11.3 Å². The lowest BCUT2D eigenvalue weighted by Crippen LogP contribution is -2.03. The molecule has 2 heterocycles. The molecule has 2 atom stereocenters. The summed E-state index contributed by atoms with van der Waals surface area (Å²) in [5.74, 6) is -0.632. The maximum atomic E-state index is 11.2. The van der Waals surface area contributed by atoms with Crippen LogP contribution < -0.4 is 0 Å². The van der Waals surface area contributed by atoms with Crippen LogP contribution in [0.2, 0.25) is 0 Å². The van der Waals surface area contributed by atoms with Crippen molar-refractivity contribution < 1.29 is 14.4 Å². The summed E-state index contributed by atoms with van der Waals surface area (Å²) in [4.78, 5) is 19.9. The van der Waals surface area contributed by atoms with Crippen LogP contribution in [0.1, 0.15) is 37.0 Å². The van der Waals surface area contributed by atoms with Crippen molar-refractivity contribution in [1.82, 2.24) is 15.1 Å².